The van der Waals surface area contributed by atoms with Gasteiger partial charge in [-0.2, -0.15) is 0 Å². The number of pyridine rings is 1. The topological polar surface area (TPSA) is 107 Å². The summed E-state index contributed by atoms with van der Waals surface area (Å²) in [5.41, 5.74) is 1.55. The molecular weight excluding hydrogens is 470 g/mol. The quantitative estimate of drug-likeness (QED) is 0.405. The maximum Gasteiger partial charge on any atom is 0.408 e. The Kier molecular flexibility index (Phi) is 9.77. The highest BCUT2D eigenvalue weighted by Crippen LogP contribution is 2.10. The molecule has 0 saturated carbocycles. The van der Waals surface area contributed by atoms with Crippen LogP contribution >= 0.6 is 0 Å². The lowest BCUT2D eigenvalue weighted by molar-refractivity contribution is -0.149. The molecule has 0 bridgehead atoms. The summed E-state index contributed by atoms with van der Waals surface area (Å²) in [6.07, 6.45) is 1.21. The number of nitrogens with one attached hydrogen (secondary N) is 2. The number of alkyl carbamates (subject to hydrolysis) is 1. The number of amides is 2. The van der Waals surface area contributed by atoms with Crippen LogP contribution in [0.15, 0.2) is 85.1 Å². The summed E-state index contributed by atoms with van der Waals surface area (Å²) in [7, 11) is 0. The third kappa shape index (κ3) is 9.76. The van der Waals surface area contributed by atoms with E-state index < -0.39 is 35.7 Å². The average molecular weight is 504 g/mol. The molecule has 194 valence electrons. The monoisotopic (exact) mass is 503 g/mol. The summed E-state index contributed by atoms with van der Waals surface area (Å²) in [6, 6.07) is 22.0. The molecule has 3 aromatic rings. The van der Waals surface area contributed by atoms with Crippen LogP contribution < -0.4 is 10.6 Å². The van der Waals surface area contributed by atoms with E-state index in [1.165, 1.54) is 0 Å². The molecule has 1 heterocycles. The first-order valence-electron chi connectivity index (χ1n) is 12.1. The summed E-state index contributed by atoms with van der Waals surface area (Å²) in [5.74, 6) is -1.12. The number of carbonyl (C=O) groups excluding carboxylic acids is 3. The van der Waals surface area contributed by atoms with Gasteiger partial charge in [0.2, 0.25) is 5.91 Å². The number of hydrogen-bond acceptors (Lipinski definition) is 6. The van der Waals surface area contributed by atoms with Gasteiger partial charge >= 0.3 is 12.1 Å². The van der Waals surface area contributed by atoms with Gasteiger partial charge in [0.15, 0.2) is 0 Å². The van der Waals surface area contributed by atoms with Gasteiger partial charge in [-0.1, -0.05) is 66.7 Å². The SMILES string of the molecule is CC(C)(C)OC(=O)N[C@@H](Cc1ccccn1)C(=O)N[C@@H](Cc1ccccc1)C(=O)OCc1ccccc1. The van der Waals surface area contributed by atoms with Crippen LogP contribution in [0.2, 0.25) is 0 Å². The highest BCUT2D eigenvalue weighted by Gasteiger charge is 2.30. The third-order valence-electron chi connectivity index (χ3n) is 5.25. The van der Waals surface area contributed by atoms with Crippen molar-refractivity contribution in [1.82, 2.24) is 15.6 Å². The number of esters is 1. The summed E-state index contributed by atoms with van der Waals surface area (Å²) in [6.45, 7) is 5.28. The lowest BCUT2D eigenvalue weighted by Gasteiger charge is -2.25. The molecule has 2 aromatic carbocycles. The lowest BCUT2D eigenvalue weighted by atomic mass is 10.0. The zero-order chi connectivity index (χ0) is 26.7. The van der Waals surface area contributed by atoms with E-state index in [0.29, 0.717) is 5.69 Å². The van der Waals surface area contributed by atoms with Crippen molar-refractivity contribution in [2.24, 2.45) is 0 Å². The fourth-order valence-electron chi connectivity index (χ4n) is 3.53. The second-order valence-corrected chi connectivity index (χ2v) is 9.57. The van der Waals surface area contributed by atoms with Crippen molar-refractivity contribution in [3.63, 3.8) is 0 Å². The molecule has 2 N–H and O–H groups in total. The number of rotatable bonds is 10. The molecule has 0 aliphatic carbocycles. The van der Waals surface area contributed by atoms with Gasteiger partial charge in [0, 0.05) is 24.7 Å². The van der Waals surface area contributed by atoms with Gasteiger partial charge in [-0.25, -0.2) is 9.59 Å². The van der Waals surface area contributed by atoms with Crippen molar-refractivity contribution in [2.45, 2.75) is 57.9 Å². The predicted molar refractivity (Wildman–Crippen MR) is 139 cm³/mol. The van der Waals surface area contributed by atoms with E-state index in [9.17, 15) is 14.4 Å². The first kappa shape index (κ1) is 27.4. The maximum absolute atomic E-state index is 13.4. The van der Waals surface area contributed by atoms with Crippen LogP contribution in [0.1, 0.15) is 37.6 Å². The van der Waals surface area contributed by atoms with Gasteiger partial charge in [0.25, 0.3) is 0 Å². The van der Waals surface area contributed by atoms with Gasteiger partial charge < -0.3 is 20.1 Å². The first-order valence-corrected chi connectivity index (χ1v) is 12.1. The highest BCUT2D eigenvalue weighted by molar-refractivity contribution is 5.90. The average Bonchev–Trinajstić information content (AvgIpc) is 2.87. The Hall–Kier alpha value is -4.20. The van der Waals surface area contributed by atoms with E-state index >= 15 is 0 Å². The molecule has 2 amide bonds. The Morgan fingerprint density at radius 2 is 1.41 bits per heavy atom. The maximum atomic E-state index is 13.4. The normalized spacial score (nSPS) is 12.6. The van der Waals surface area contributed by atoms with E-state index in [1.54, 1.807) is 45.2 Å². The van der Waals surface area contributed by atoms with Crippen molar-refractivity contribution < 1.29 is 23.9 Å². The van der Waals surface area contributed by atoms with E-state index in [-0.39, 0.29) is 19.4 Å². The predicted octanol–water partition coefficient (Wildman–Crippen LogP) is 3.99. The van der Waals surface area contributed by atoms with Crippen molar-refractivity contribution in [1.29, 1.82) is 0 Å². The Labute approximate surface area is 217 Å². The smallest absolute Gasteiger partial charge is 0.408 e. The summed E-state index contributed by atoms with van der Waals surface area (Å²) in [5, 5.41) is 5.40. The van der Waals surface area contributed by atoms with Gasteiger partial charge in [0.05, 0.1) is 0 Å². The second-order valence-electron chi connectivity index (χ2n) is 9.57. The zero-order valence-corrected chi connectivity index (χ0v) is 21.3. The van der Waals surface area contributed by atoms with Gasteiger partial charge in [-0.05, 0) is 44.0 Å². The van der Waals surface area contributed by atoms with Crippen molar-refractivity contribution in [3.05, 3.63) is 102 Å². The molecule has 8 heteroatoms. The Bertz CT molecular complexity index is 1150. The molecule has 1 aromatic heterocycles. The van der Waals surface area contributed by atoms with Crippen molar-refractivity contribution >= 4 is 18.0 Å². The minimum atomic E-state index is -1.02. The molecule has 37 heavy (non-hydrogen) atoms. The molecule has 0 fully saturated rings. The van der Waals surface area contributed by atoms with Crippen LogP contribution in [-0.2, 0) is 38.5 Å². The third-order valence-corrected chi connectivity index (χ3v) is 5.25. The number of aromatic nitrogens is 1. The fraction of sp³-hybridized carbons (Fsp3) is 0.310. The van der Waals surface area contributed by atoms with Crippen molar-refractivity contribution in [2.75, 3.05) is 0 Å². The molecule has 0 saturated heterocycles. The van der Waals surface area contributed by atoms with Crippen LogP contribution in [0.4, 0.5) is 4.79 Å². The standard InChI is InChI=1S/C29H33N3O5/c1-29(2,3)37-28(35)32-24(19-23-16-10-11-17-30-23)26(33)31-25(18-21-12-6-4-7-13-21)27(34)36-20-22-14-8-5-9-15-22/h4-17,24-25H,18-20H2,1-3H3,(H,31,33)(H,32,35)/t24-,25-/m0/s1. The number of benzene rings is 2. The van der Waals surface area contributed by atoms with E-state index in [4.69, 9.17) is 9.47 Å². The molecule has 0 aliphatic heterocycles. The minimum absolute atomic E-state index is 0.0777. The summed E-state index contributed by atoms with van der Waals surface area (Å²) < 4.78 is 10.9. The van der Waals surface area contributed by atoms with Crippen LogP contribution in [0.3, 0.4) is 0 Å². The second kappa shape index (κ2) is 13.2. The molecule has 8 nitrogen and oxygen atoms in total. The van der Waals surface area contributed by atoms with Crippen LogP contribution in [-0.4, -0.2) is 40.6 Å². The minimum Gasteiger partial charge on any atom is -0.459 e. The number of hydrogen-bond donors (Lipinski definition) is 2. The van der Waals surface area contributed by atoms with Crippen LogP contribution in [0, 0.1) is 0 Å². The molecule has 0 unspecified atom stereocenters. The van der Waals surface area contributed by atoms with Gasteiger partial charge in [-0.3, -0.25) is 9.78 Å². The van der Waals surface area contributed by atoms with Crippen LogP contribution in [0.5, 0.6) is 0 Å². The molecule has 3 rings (SSSR count). The zero-order valence-electron chi connectivity index (χ0n) is 21.3. The number of nitrogens with zero attached hydrogens (tertiary/aromatic N) is 1. The molecule has 2 atom stereocenters. The summed E-state index contributed by atoms with van der Waals surface area (Å²) in [4.78, 5) is 43.3. The lowest BCUT2D eigenvalue weighted by Crippen LogP contribution is -2.54. The largest absolute Gasteiger partial charge is 0.459 e. The van der Waals surface area contributed by atoms with Gasteiger partial charge in [-0.15, -0.1) is 0 Å². The van der Waals surface area contributed by atoms with E-state index in [1.807, 2.05) is 60.7 Å². The van der Waals surface area contributed by atoms with Gasteiger partial charge in [0.1, 0.15) is 24.3 Å². The van der Waals surface area contributed by atoms with E-state index in [0.717, 1.165) is 11.1 Å². The Morgan fingerprint density at radius 1 is 0.784 bits per heavy atom. The molecule has 0 spiro atoms. The van der Waals surface area contributed by atoms with Crippen molar-refractivity contribution in [3.8, 4) is 0 Å². The Morgan fingerprint density at radius 3 is 2.00 bits per heavy atom. The van der Waals surface area contributed by atoms with Crippen LogP contribution in [0.25, 0.3) is 0 Å². The molecule has 0 aliphatic rings. The Balaban J connectivity index is 1.77. The molecular formula is C29H33N3O5. The molecule has 0 radical (unpaired) electrons. The fourth-order valence-corrected chi connectivity index (χ4v) is 3.53. The number of ether oxygens (including phenoxy) is 2. The summed E-state index contributed by atoms with van der Waals surface area (Å²) >= 11 is 0. The highest BCUT2D eigenvalue weighted by atomic mass is 16.6. The number of carbonyl (C=O) groups is 3. The first-order chi connectivity index (χ1) is 17.7. The van der Waals surface area contributed by atoms with E-state index in [2.05, 4.69) is 15.6 Å².